The van der Waals surface area contributed by atoms with E-state index in [1.165, 1.54) is 0 Å². The number of amides is 2. The van der Waals surface area contributed by atoms with E-state index in [0.717, 1.165) is 22.9 Å². The molecule has 0 spiro atoms. The van der Waals surface area contributed by atoms with Gasteiger partial charge in [-0.05, 0) is 46.3 Å². The molecular formula is C14H16BrN3O2. The minimum atomic E-state index is -0.329. The Bertz CT molecular complexity index is 545. The van der Waals surface area contributed by atoms with Gasteiger partial charge in [0, 0.05) is 36.4 Å². The molecule has 1 saturated carbocycles. The van der Waals surface area contributed by atoms with E-state index in [4.69, 9.17) is 0 Å². The molecule has 0 aromatic carbocycles. The lowest BCUT2D eigenvalue weighted by Crippen LogP contribution is -2.45. The zero-order chi connectivity index (χ0) is 14.1. The van der Waals surface area contributed by atoms with Gasteiger partial charge in [-0.3, -0.25) is 14.6 Å². The van der Waals surface area contributed by atoms with E-state index >= 15 is 0 Å². The van der Waals surface area contributed by atoms with Crippen LogP contribution in [0.15, 0.2) is 22.9 Å². The summed E-state index contributed by atoms with van der Waals surface area (Å²) in [6.45, 7) is 0.976. The lowest BCUT2D eigenvalue weighted by molar-refractivity contribution is -0.134. The summed E-state index contributed by atoms with van der Waals surface area (Å²) in [4.78, 5) is 30.1. The molecule has 20 heavy (non-hydrogen) atoms. The average Bonchev–Trinajstić information content (AvgIpc) is 3.24. The third-order valence-corrected chi connectivity index (χ3v) is 4.17. The highest BCUT2D eigenvalue weighted by atomic mass is 79.9. The van der Waals surface area contributed by atoms with Crippen LogP contribution in [0.1, 0.15) is 24.8 Å². The van der Waals surface area contributed by atoms with Gasteiger partial charge in [-0.1, -0.05) is 0 Å². The third-order valence-electron chi connectivity index (χ3n) is 3.73. The number of carbonyl (C=O) groups excluding carboxylic acids is 2. The maximum Gasteiger partial charge on any atom is 0.245 e. The van der Waals surface area contributed by atoms with Crippen molar-refractivity contribution in [3.8, 4) is 0 Å². The van der Waals surface area contributed by atoms with Crippen molar-refractivity contribution in [3.05, 3.63) is 28.5 Å². The molecule has 0 bridgehead atoms. The number of carbonyl (C=O) groups is 2. The Hall–Kier alpha value is -1.43. The summed E-state index contributed by atoms with van der Waals surface area (Å²) >= 11 is 3.38. The van der Waals surface area contributed by atoms with Gasteiger partial charge in [-0.2, -0.15) is 0 Å². The van der Waals surface area contributed by atoms with Gasteiger partial charge in [-0.15, -0.1) is 0 Å². The number of rotatable bonds is 3. The molecule has 1 saturated heterocycles. The van der Waals surface area contributed by atoms with Crippen LogP contribution < -0.4 is 5.32 Å². The van der Waals surface area contributed by atoms with Crippen LogP contribution in [-0.2, 0) is 16.1 Å². The van der Waals surface area contributed by atoms with E-state index in [-0.39, 0.29) is 17.9 Å². The van der Waals surface area contributed by atoms with Gasteiger partial charge >= 0.3 is 0 Å². The monoisotopic (exact) mass is 337 g/mol. The van der Waals surface area contributed by atoms with Crippen molar-refractivity contribution in [3.63, 3.8) is 0 Å². The van der Waals surface area contributed by atoms with Gasteiger partial charge in [0.15, 0.2) is 0 Å². The smallest absolute Gasteiger partial charge is 0.245 e. The van der Waals surface area contributed by atoms with Crippen LogP contribution in [0, 0.1) is 5.92 Å². The summed E-state index contributed by atoms with van der Waals surface area (Å²) in [6, 6.07) is 1.62. The number of nitrogens with one attached hydrogen (secondary N) is 1. The number of aromatic nitrogens is 1. The van der Waals surface area contributed by atoms with Crippen molar-refractivity contribution in [1.82, 2.24) is 15.2 Å². The van der Waals surface area contributed by atoms with Crippen molar-refractivity contribution in [2.45, 2.75) is 31.8 Å². The predicted molar refractivity (Wildman–Crippen MR) is 76.6 cm³/mol. The van der Waals surface area contributed by atoms with Crippen molar-refractivity contribution < 1.29 is 9.59 Å². The normalized spacial score (nSPS) is 23.4. The first-order valence-corrected chi connectivity index (χ1v) is 7.60. The van der Waals surface area contributed by atoms with E-state index in [1.807, 2.05) is 6.07 Å². The highest BCUT2D eigenvalue weighted by molar-refractivity contribution is 9.10. The van der Waals surface area contributed by atoms with Gasteiger partial charge in [0.25, 0.3) is 0 Å². The van der Waals surface area contributed by atoms with Gasteiger partial charge in [0.2, 0.25) is 11.8 Å². The highest BCUT2D eigenvalue weighted by Gasteiger charge is 2.40. The lowest BCUT2D eigenvalue weighted by atomic mass is 10.1. The van der Waals surface area contributed by atoms with Crippen LogP contribution in [0.4, 0.5) is 0 Å². The van der Waals surface area contributed by atoms with E-state index in [0.29, 0.717) is 25.4 Å². The van der Waals surface area contributed by atoms with Crippen LogP contribution in [0.2, 0.25) is 0 Å². The molecule has 5 nitrogen and oxygen atoms in total. The van der Waals surface area contributed by atoms with Gasteiger partial charge < -0.3 is 10.2 Å². The standard InChI is InChI=1S/C14H16BrN3O2/c15-11-5-9(6-16-7-11)8-18-4-3-12(19)17-13(14(18)20)10-1-2-10/h5-7,10,13H,1-4,8H2,(H,17,19). The Morgan fingerprint density at radius 1 is 1.35 bits per heavy atom. The summed E-state index contributed by atoms with van der Waals surface area (Å²) in [5.74, 6) is 0.344. The maximum atomic E-state index is 12.5. The fourth-order valence-electron chi connectivity index (χ4n) is 2.52. The molecule has 1 aromatic heterocycles. The highest BCUT2D eigenvalue weighted by Crippen LogP contribution is 2.34. The second-order valence-corrected chi connectivity index (χ2v) is 6.32. The summed E-state index contributed by atoms with van der Waals surface area (Å²) in [7, 11) is 0. The molecule has 1 atom stereocenters. The fourth-order valence-corrected chi connectivity index (χ4v) is 2.93. The first-order valence-electron chi connectivity index (χ1n) is 6.81. The molecule has 1 aliphatic heterocycles. The van der Waals surface area contributed by atoms with Crippen molar-refractivity contribution in [2.75, 3.05) is 6.54 Å². The number of pyridine rings is 1. The van der Waals surface area contributed by atoms with E-state index in [2.05, 4.69) is 26.2 Å². The largest absolute Gasteiger partial charge is 0.344 e. The minimum Gasteiger partial charge on any atom is -0.344 e. The quantitative estimate of drug-likeness (QED) is 0.908. The molecule has 2 heterocycles. The zero-order valence-corrected chi connectivity index (χ0v) is 12.6. The first kappa shape index (κ1) is 13.5. The fraction of sp³-hybridized carbons (Fsp3) is 0.500. The Labute approximate surface area is 125 Å². The SMILES string of the molecule is O=C1CCN(Cc2cncc(Br)c2)C(=O)C(C2CC2)N1. The predicted octanol–water partition coefficient (Wildman–Crippen LogP) is 1.47. The molecule has 6 heteroatoms. The molecule has 2 fully saturated rings. The molecule has 1 unspecified atom stereocenters. The van der Waals surface area contributed by atoms with E-state index in [1.54, 1.807) is 17.3 Å². The molecule has 1 N–H and O–H groups in total. The molecular weight excluding hydrogens is 322 g/mol. The van der Waals surface area contributed by atoms with Crippen LogP contribution in [0.3, 0.4) is 0 Å². The number of nitrogens with zero attached hydrogens (tertiary/aromatic N) is 2. The van der Waals surface area contributed by atoms with Gasteiger partial charge in [-0.25, -0.2) is 0 Å². The summed E-state index contributed by atoms with van der Waals surface area (Å²) in [6.07, 6.45) is 5.90. The second-order valence-electron chi connectivity index (χ2n) is 5.40. The van der Waals surface area contributed by atoms with Gasteiger partial charge in [0.1, 0.15) is 6.04 Å². The number of hydrogen-bond donors (Lipinski definition) is 1. The molecule has 1 aromatic rings. The Balaban J connectivity index is 1.76. The molecule has 3 rings (SSSR count). The molecule has 106 valence electrons. The zero-order valence-electron chi connectivity index (χ0n) is 11.0. The van der Waals surface area contributed by atoms with Crippen molar-refractivity contribution in [1.29, 1.82) is 0 Å². The summed E-state index contributed by atoms with van der Waals surface area (Å²) in [5, 5.41) is 2.86. The molecule has 0 radical (unpaired) electrons. The molecule has 2 amide bonds. The van der Waals surface area contributed by atoms with Crippen LogP contribution >= 0.6 is 15.9 Å². The summed E-state index contributed by atoms with van der Waals surface area (Å²) in [5.41, 5.74) is 0.969. The second kappa shape index (κ2) is 5.52. The topological polar surface area (TPSA) is 62.3 Å². The maximum absolute atomic E-state index is 12.5. The Morgan fingerprint density at radius 3 is 2.85 bits per heavy atom. The number of hydrogen-bond acceptors (Lipinski definition) is 3. The first-order chi connectivity index (χ1) is 9.63. The van der Waals surface area contributed by atoms with Crippen LogP contribution in [0.25, 0.3) is 0 Å². The Morgan fingerprint density at radius 2 is 2.15 bits per heavy atom. The van der Waals surface area contributed by atoms with Gasteiger partial charge in [0.05, 0.1) is 0 Å². The van der Waals surface area contributed by atoms with Crippen LogP contribution in [-0.4, -0.2) is 34.3 Å². The van der Waals surface area contributed by atoms with E-state index < -0.39 is 0 Å². The molecule has 2 aliphatic rings. The van der Waals surface area contributed by atoms with Crippen molar-refractivity contribution >= 4 is 27.7 Å². The van der Waals surface area contributed by atoms with Crippen LogP contribution in [0.5, 0.6) is 0 Å². The minimum absolute atomic E-state index is 0.0230. The van der Waals surface area contributed by atoms with Crippen molar-refractivity contribution in [2.24, 2.45) is 5.92 Å². The molecule has 1 aliphatic carbocycles. The van der Waals surface area contributed by atoms with E-state index in [9.17, 15) is 9.59 Å². The number of halogens is 1. The lowest BCUT2D eigenvalue weighted by Gasteiger charge is -2.24. The summed E-state index contributed by atoms with van der Waals surface area (Å²) < 4.78 is 0.894. The average molecular weight is 338 g/mol. The third kappa shape index (κ3) is 3.00. The Kier molecular flexibility index (Phi) is 3.74.